The minimum atomic E-state index is -0.870. The van der Waals surface area contributed by atoms with Crippen LogP contribution in [-0.2, 0) is 16.0 Å². The Kier molecular flexibility index (Phi) is 5.32. The molecule has 1 aromatic rings. The van der Waals surface area contributed by atoms with Crippen LogP contribution in [-0.4, -0.2) is 24.9 Å². The second-order valence-corrected chi connectivity index (χ2v) is 3.44. The third kappa shape index (κ3) is 4.22. The highest BCUT2D eigenvalue weighted by molar-refractivity contribution is 6.35. The van der Waals surface area contributed by atoms with Crippen LogP contribution in [0, 0.1) is 17.1 Å². The van der Waals surface area contributed by atoms with Gasteiger partial charge in [0.25, 0.3) is 0 Å². The van der Waals surface area contributed by atoms with E-state index in [4.69, 9.17) is 5.26 Å². The van der Waals surface area contributed by atoms with Gasteiger partial charge in [0.15, 0.2) is 0 Å². The zero-order chi connectivity index (χ0) is 13.4. The minimum absolute atomic E-state index is 0.153. The molecule has 0 bridgehead atoms. The first-order valence-corrected chi connectivity index (χ1v) is 5.31. The Bertz CT molecular complexity index is 482. The molecular weight excluding hydrogens is 237 g/mol. The number of hydrogen-bond acceptors (Lipinski definition) is 3. The highest BCUT2D eigenvalue weighted by Crippen LogP contribution is 2.05. The van der Waals surface area contributed by atoms with E-state index in [0.717, 1.165) is 0 Å². The van der Waals surface area contributed by atoms with Gasteiger partial charge in [-0.1, -0.05) is 18.2 Å². The van der Waals surface area contributed by atoms with Crippen molar-refractivity contribution in [2.75, 3.05) is 13.1 Å². The fourth-order valence-electron chi connectivity index (χ4n) is 1.29. The summed E-state index contributed by atoms with van der Waals surface area (Å²) >= 11 is 0. The van der Waals surface area contributed by atoms with E-state index in [0.29, 0.717) is 12.0 Å². The predicted octanol–water partition coefficient (Wildman–Crippen LogP) is 0.124. The third-order valence-electron chi connectivity index (χ3n) is 2.17. The molecule has 1 aromatic carbocycles. The molecule has 0 aromatic heterocycles. The predicted molar refractivity (Wildman–Crippen MR) is 61.7 cm³/mol. The molecule has 0 unspecified atom stereocenters. The fraction of sp³-hybridized carbons (Fsp3) is 0.250. The van der Waals surface area contributed by atoms with Gasteiger partial charge in [-0.25, -0.2) is 4.39 Å². The first-order valence-electron chi connectivity index (χ1n) is 5.31. The quantitative estimate of drug-likeness (QED) is 0.587. The average Bonchev–Trinajstić information content (AvgIpc) is 2.38. The van der Waals surface area contributed by atoms with E-state index in [1.54, 1.807) is 24.3 Å². The molecule has 0 heterocycles. The first-order chi connectivity index (χ1) is 8.65. The van der Waals surface area contributed by atoms with Gasteiger partial charge in [0.05, 0.1) is 6.07 Å². The van der Waals surface area contributed by atoms with Crippen molar-refractivity contribution in [3.63, 3.8) is 0 Å². The lowest BCUT2D eigenvalue weighted by Crippen LogP contribution is -2.40. The van der Waals surface area contributed by atoms with Gasteiger partial charge in [-0.3, -0.25) is 9.59 Å². The summed E-state index contributed by atoms with van der Waals surface area (Å²) in [6, 6.07) is 7.89. The molecule has 1 rings (SSSR count). The summed E-state index contributed by atoms with van der Waals surface area (Å²) in [7, 11) is 0. The highest BCUT2D eigenvalue weighted by Gasteiger charge is 2.11. The normalized spacial score (nSPS) is 9.33. The third-order valence-corrected chi connectivity index (χ3v) is 2.17. The molecule has 0 spiro atoms. The molecule has 5 nitrogen and oxygen atoms in total. The van der Waals surface area contributed by atoms with Gasteiger partial charge in [0, 0.05) is 6.54 Å². The maximum atomic E-state index is 13.2. The molecular formula is C12H12FN3O2. The summed E-state index contributed by atoms with van der Waals surface area (Å²) in [4.78, 5) is 22.3. The van der Waals surface area contributed by atoms with Crippen LogP contribution in [0.3, 0.4) is 0 Å². The van der Waals surface area contributed by atoms with Crippen LogP contribution in [0.5, 0.6) is 0 Å². The number of nitrogens with one attached hydrogen (secondary N) is 2. The van der Waals surface area contributed by atoms with Crippen molar-refractivity contribution in [1.82, 2.24) is 10.6 Å². The number of amides is 2. The topological polar surface area (TPSA) is 82.0 Å². The molecule has 0 fully saturated rings. The smallest absolute Gasteiger partial charge is 0.310 e. The van der Waals surface area contributed by atoms with Crippen LogP contribution in [0.4, 0.5) is 4.39 Å². The van der Waals surface area contributed by atoms with E-state index in [-0.39, 0.29) is 18.9 Å². The van der Waals surface area contributed by atoms with E-state index in [1.807, 2.05) is 0 Å². The average molecular weight is 249 g/mol. The van der Waals surface area contributed by atoms with Gasteiger partial charge in [-0.2, -0.15) is 5.26 Å². The molecule has 0 aliphatic carbocycles. The molecule has 94 valence electrons. The largest absolute Gasteiger partial charge is 0.348 e. The molecule has 2 N–H and O–H groups in total. The lowest BCUT2D eigenvalue weighted by Gasteiger charge is -2.05. The number of hydrogen-bond donors (Lipinski definition) is 2. The monoisotopic (exact) mass is 249 g/mol. The van der Waals surface area contributed by atoms with Crippen molar-refractivity contribution in [3.8, 4) is 6.07 Å². The zero-order valence-electron chi connectivity index (χ0n) is 9.57. The summed E-state index contributed by atoms with van der Waals surface area (Å²) in [6.07, 6.45) is 0.296. The van der Waals surface area contributed by atoms with Crippen molar-refractivity contribution < 1.29 is 14.0 Å². The Balaban J connectivity index is 2.34. The number of carbonyl (C=O) groups excluding carboxylic acids is 2. The minimum Gasteiger partial charge on any atom is -0.348 e. The van der Waals surface area contributed by atoms with Crippen molar-refractivity contribution in [1.29, 1.82) is 5.26 Å². The maximum absolute atomic E-state index is 13.2. The molecule has 0 aliphatic rings. The molecule has 0 saturated heterocycles. The Morgan fingerprint density at radius 1 is 1.22 bits per heavy atom. The standard InChI is InChI=1S/C12H12FN3O2/c13-10-4-2-1-3-9(10)5-7-15-11(17)12(18)16-8-6-14/h1-4H,5,7-8H2,(H,15,17)(H,16,18). The Morgan fingerprint density at radius 2 is 1.89 bits per heavy atom. The van der Waals surface area contributed by atoms with Crippen LogP contribution >= 0.6 is 0 Å². The van der Waals surface area contributed by atoms with Crippen LogP contribution in [0.25, 0.3) is 0 Å². The van der Waals surface area contributed by atoms with Gasteiger partial charge in [-0.15, -0.1) is 0 Å². The van der Waals surface area contributed by atoms with Crippen molar-refractivity contribution in [2.24, 2.45) is 0 Å². The maximum Gasteiger partial charge on any atom is 0.310 e. The molecule has 18 heavy (non-hydrogen) atoms. The Hall–Kier alpha value is -2.42. The SMILES string of the molecule is N#CCNC(=O)C(=O)NCCc1ccccc1F. The van der Waals surface area contributed by atoms with Crippen molar-refractivity contribution >= 4 is 11.8 Å². The Morgan fingerprint density at radius 3 is 2.56 bits per heavy atom. The van der Waals surface area contributed by atoms with Crippen LogP contribution in [0.1, 0.15) is 5.56 Å². The molecule has 0 radical (unpaired) electrons. The number of nitriles is 1. The van der Waals surface area contributed by atoms with E-state index in [1.165, 1.54) is 6.07 Å². The highest BCUT2D eigenvalue weighted by atomic mass is 19.1. The molecule has 0 aliphatic heterocycles. The lowest BCUT2D eigenvalue weighted by molar-refractivity contribution is -0.139. The summed E-state index contributed by atoms with van der Waals surface area (Å²) in [5, 5.41) is 12.7. The van der Waals surface area contributed by atoms with Crippen LogP contribution < -0.4 is 10.6 Å². The summed E-state index contributed by atoms with van der Waals surface area (Å²) in [5.74, 6) is -2.05. The van der Waals surface area contributed by atoms with Crippen molar-refractivity contribution in [3.05, 3.63) is 35.6 Å². The number of rotatable bonds is 4. The van der Waals surface area contributed by atoms with E-state index in [9.17, 15) is 14.0 Å². The lowest BCUT2D eigenvalue weighted by atomic mass is 10.1. The number of halogens is 1. The van der Waals surface area contributed by atoms with Crippen LogP contribution in [0.15, 0.2) is 24.3 Å². The van der Waals surface area contributed by atoms with Gasteiger partial charge >= 0.3 is 11.8 Å². The molecule has 6 heteroatoms. The van der Waals surface area contributed by atoms with Gasteiger partial charge in [-0.05, 0) is 18.1 Å². The number of benzene rings is 1. The van der Waals surface area contributed by atoms with Gasteiger partial charge in [0.2, 0.25) is 0 Å². The molecule has 0 atom stereocenters. The van der Waals surface area contributed by atoms with E-state index < -0.39 is 11.8 Å². The number of nitrogens with zero attached hydrogens (tertiary/aromatic N) is 1. The molecule has 2 amide bonds. The van der Waals surface area contributed by atoms with Gasteiger partial charge < -0.3 is 10.6 Å². The van der Waals surface area contributed by atoms with Gasteiger partial charge in [0.1, 0.15) is 12.4 Å². The fourth-order valence-corrected chi connectivity index (χ4v) is 1.29. The zero-order valence-corrected chi connectivity index (χ0v) is 9.57. The first kappa shape index (κ1) is 13.6. The second-order valence-electron chi connectivity index (χ2n) is 3.44. The summed E-state index contributed by atoms with van der Waals surface area (Å²) < 4.78 is 13.2. The van der Waals surface area contributed by atoms with Crippen LogP contribution in [0.2, 0.25) is 0 Å². The summed E-state index contributed by atoms with van der Waals surface area (Å²) in [6.45, 7) is -0.0701. The van der Waals surface area contributed by atoms with Crippen molar-refractivity contribution in [2.45, 2.75) is 6.42 Å². The number of carbonyl (C=O) groups is 2. The van der Waals surface area contributed by atoms with E-state index in [2.05, 4.69) is 10.6 Å². The summed E-state index contributed by atoms with van der Waals surface area (Å²) in [5.41, 5.74) is 0.468. The second kappa shape index (κ2) is 7.01. The molecule has 0 saturated carbocycles. The van der Waals surface area contributed by atoms with E-state index >= 15 is 0 Å². The Labute approximate surface area is 104 Å².